The van der Waals surface area contributed by atoms with Gasteiger partial charge >= 0.3 is 0 Å². The van der Waals surface area contributed by atoms with Gasteiger partial charge in [-0.1, -0.05) is 18.0 Å². The van der Waals surface area contributed by atoms with Crippen LogP contribution in [0.5, 0.6) is 0 Å². The lowest BCUT2D eigenvalue weighted by atomic mass is 9.85. The minimum Gasteiger partial charge on any atom is -0.340 e. The van der Waals surface area contributed by atoms with Crippen molar-refractivity contribution in [3.63, 3.8) is 0 Å². The quantitative estimate of drug-likeness (QED) is 0.508. The summed E-state index contributed by atoms with van der Waals surface area (Å²) in [5.41, 5.74) is 2.12. The van der Waals surface area contributed by atoms with Crippen LogP contribution in [0.25, 0.3) is 10.2 Å². The van der Waals surface area contributed by atoms with Gasteiger partial charge in [-0.25, -0.2) is 14.4 Å². The highest BCUT2D eigenvalue weighted by Gasteiger charge is 2.25. The average Bonchev–Trinajstić information content (AvgIpc) is 3.14. The summed E-state index contributed by atoms with van der Waals surface area (Å²) < 4.78 is 13.5. The van der Waals surface area contributed by atoms with Crippen molar-refractivity contribution in [3.8, 4) is 0 Å². The Labute approximate surface area is 185 Å². The number of fused-ring (bicyclic) bond motifs is 3. The molecule has 1 atom stereocenters. The van der Waals surface area contributed by atoms with E-state index in [1.165, 1.54) is 68.2 Å². The largest absolute Gasteiger partial charge is 0.340 e. The number of benzene rings is 1. The number of halogens is 2. The van der Waals surface area contributed by atoms with E-state index < -0.39 is 5.82 Å². The molecule has 2 aromatic heterocycles. The van der Waals surface area contributed by atoms with E-state index in [4.69, 9.17) is 11.6 Å². The van der Waals surface area contributed by atoms with Crippen LogP contribution in [0.1, 0.15) is 42.5 Å². The number of aryl methyl sites for hydroxylation is 1. The number of likely N-dealkylation sites (tertiary alicyclic amines) is 1. The first-order chi connectivity index (χ1) is 14.7. The van der Waals surface area contributed by atoms with E-state index >= 15 is 0 Å². The van der Waals surface area contributed by atoms with Crippen LogP contribution in [0.3, 0.4) is 0 Å². The maximum absolute atomic E-state index is 13.5. The molecule has 1 N–H and O–H groups in total. The molecule has 1 unspecified atom stereocenters. The topological polar surface area (TPSA) is 41.1 Å². The summed E-state index contributed by atoms with van der Waals surface area (Å²) in [5.74, 6) is 1.12. The van der Waals surface area contributed by atoms with Crippen LogP contribution < -0.4 is 5.32 Å². The Balaban J connectivity index is 1.34. The summed E-state index contributed by atoms with van der Waals surface area (Å²) in [4.78, 5) is 14.2. The van der Waals surface area contributed by atoms with Crippen LogP contribution in [-0.2, 0) is 12.8 Å². The lowest BCUT2D eigenvalue weighted by Crippen LogP contribution is -2.32. The first-order valence-electron chi connectivity index (χ1n) is 10.9. The van der Waals surface area contributed by atoms with Crippen molar-refractivity contribution in [1.29, 1.82) is 0 Å². The maximum Gasteiger partial charge on any atom is 0.142 e. The molecule has 0 amide bonds. The van der Waals surface area contributed by atoms with Crippen molar-refractivity contribution in [3.05, 3.63) is 45.8 Å². The number of rotatable bonds is 5. The molecule has 158 valence electrons. The number of nitrogens with zero attached hydrogens (tertiary/aromatic N) is 3. The van der Waals surface area contributed by atoms with Gasteiger partial charge in [-0.2, -0.15) is 0 Å². The van der Waals surface area contributed by atoms with Gasteiger partial charge in [0.05, 0.1) is 10.4 Å². The number of nitrogens with one attached hydrogen (secondary N) is 1. The second-order valence-corrected chi connectivity index (χ2v) is 9.95. The second-order valence-electron chi connectivity index (χ2n) is 8.46. The summed E-state index contributed by atoms with van der Waals surface area (Å²) >= 11 is 7.75. The van der Waals surface area contributed by atoms with Crippen molar-refractivity contribution in [2.75, 3.05) is 25.0 Å². The monoisotopic (exact) mass is 444 g/mol. The van der Waals surface area contributed by atoms with Crippen molar-refractivity contribution in [2.45, 2.75) is 44.9 Å². The third kappa shape index (κ3) is 4.18. The Morgan fingerprint density at radius 1 is 1.20 bits per heavy atom. The molecule has 0 radical (unpaired) electrons. The molecule has 0 saturated carbocycles. The molecule has 3 aromatic rings. The van der Waals surface area contributed by atoms with Crippen molar-refractivity contribution >= 4 is 44.7 Å². The zero-order chi connectivity index (χ0) is 20.5. The van der Waals surface area contributed by atoms with Gasteiger partial charge in [-0.3, -0.25) is 0 Å². The van der Waals surface area contributed by atoms with E-state index in [9.17, 15) is 4.39 Å². The lowest BCUT2D eigenvalue weighted by Gasteiger charge is -2.29. The number of thiophene rings is 1. The van der Waals surface area contributed by atoms with Gasteiger partial charge in [0.1, 0.15) is 22.8 Å². The number of aromatic nitrogens is 2. The van der Waals surface area contributed by atoms with Crippen molar-refractivity contribution < 1.29 is 4.39 Å². The summed E-state index contributed by atoms with van der Waals surface area (Å²) in [6.45, 7) is 3.79. The van der Waals surface area contributed by atoms with E-state index in [1.54, 1.807) is 29.8 Å². The molecule has 7 heteroatoms. The minimum absolute atomic E-state index is 0.106. The summed E-state index contributed by atoms with van der Waals surface area (Å²) in [7, 11) is 0. The van der Waals surface area contributed by atoms with E-state index in [0.29, 0.717) is 0 Å². The van der Waals surface area contributed by atoms with E-state index in [1.807, 2.05) is 0 Å². The molecule has 1 aliphatic heterocycles. The molecule has 1 saturated heterocycles. The Bertz CT molecular complexity index is 1050. The molecule has 1 fully saturated rings. The molecule has 1 aromatic carbocycles. The molecule has 5 rings (SSSR count). The molecule has 0 bridgehead atoms. The van der Waals surface area contributed by atoms with Gasteiger partial charge in [-0.15, -0.1) is 11.3 Å². The highest BCUT2D eigenvalue weighted by atomic mass is 35.5. The van der Waals surface area contributed by atoms with Crippen molar-refractivity contribution in [2.24, 2.45) is 5.92 Å². The fraction of sp³-hybridized carbons (Fsp3) is 0.478. The molecule has 4 nitrogen and oxygen atoms in total. The zero-order valence-corrected chi connectivity index (χ0v) is 18.5. The molecule has 1 aliphatic carbocycles. The lowest BCUT2D eigenvalue weighted by molar-refractivity contribution is 0.209. The first kappa shape index (κ1) is 20.2. The Hall–Kier alpha value is -1.76. The van der Waals surface area contributed by atoms with E-state index in [0.717, 1.165) is 40.5 Å². The molecule has 0 spiro atoms. The van der Waals surface area contributed by atoms with Crippen LogP contribution in [0.15, 0.2) is 24.5 Å². The highest BCUT2D eigenvalue weighted by molar-refractivity contribution is 7.19. The third-order valence-electron chi connectivity index (χ3n) is 6.43. The van der Waals surface area contributed by atoms with Gasteiger partial charge in [0.15, 0.2) is 0 Å². The van der Waals surface area contributed by atoms with E-state index in [2.05, 4.69) is 20.2 Å². The number of piperidine rings is 1. The Morgan fingerprint density at radius 3 is 2.90 bits per heavy atom. The Morgan fingerprint density at radius 2 is 2.07 bits per heavy atom. The molecular weight excluding hydrogens is 419 g/mol. The van der Waals surface area contributed by atoms with Crippen LogP contribution in [0.2, 0.25) is 5.02 Å². The summed E-state index contributed by atoms with van der Waals surface area (Å²) in [6.07, 6.45) is 10.5. The average molecular weight is 445 g/mol. The van der Waals surface area contributed by atoms with Crippen molar-refractivity contribution in [1.82, 2.24) is 14.9 Å². The minimum atomic E-state index is -0.418. The fourth-order valence-electron chi connectivity index (χ4n) is 4.78. The molecule has 30 heavy (non-hydrogen) atoms. The third-order valence-corrected chi connectivity index (χ3v) is 7.88. The standard InChI is InChI=1S/C23H26ClFN4S/c24-18-13-16(5-7-19(18)25)28-22-21-17-6-4-15(8-11-29-9-2-1-3-10-29)12-20(17)30-23(21)27-14-26-22/h5,7,13-15H,1-4,6,8-12H2,(H,26,27,28). The maximum atomic E-state index is 13.5. The zero-order valence-electron chi connectivity index (χ0n) is 17.0. The predicted octanol–water partition coefficient (Wildman–Crippen LogP) is 6.21. The molecular formula is C23H26ClFN4S. The predicted molar refractivity (Wildman–Crippen MR) is 123 cm³/mol. The van der Waals surface area contributed by atoms with Crippen LogP contribution in [0.4, 0.5) is 15.9 Å². The number of hydrogen-bond donors (Lipinski definition) is 1. The van der Waals surface area contributed by atoms with Gasteiger partial charge < -0.3 is 10.2 Å². The fourth-order valence-corrected chi connectivity index (χ4v) is 6.26. The van der Waals surface area contributed by atoms with Crippen LogP contribution in [0, 0.1) is 11.7 Å². The van der Waals surface area contributed by atoms with Gasteiger partial charge in [0.2, 0.25) is 0 Å². The molecule has 2 aliphatic rings. The SMILES string of the molecule is Fc1ccc(Nc2ncnc3sc4c(c23)CCC(CCN2CCCCC2)C4)cc1Cl. The van der Waals surface area contributed by atoms with Crippen LogP contribution >= 0.6 is 22.9 Å². The Kier molecular flexibility index (Phi) is 5.89. The first-order valence-corrected chi connectivity index (χ1v) is 12.1. The summed E-state index contributed by atoms with van der Waals surface area (Å²) in [6, 6.07) is 4.66. The smallest absolute Gasteiger partial charge is 0.142 e. The molecule has 3 heterocycles. The number of anilines is 2. The van der Waals surface area contributed by atoms with Crippen LogP contribution in [-0.4, -0.2) is 34.5 Å². The number of hydrogen-bond acceptors (Lipinski definition) is 5. The summed E-state index contributed by atoms with van der Waals surface area (Å²) in [5, 5.41) is 4.55. The highest BCUT2D eigenvalue weighted by Crippen LogP contribution is 2.41. The normalized spacial score (nSPS) is 19.7. The van der Waals surface area contributed by atoms with Gasteiger partial charge in [0, 0.05) is 10.6 Å². The van der Waals surface area contributed by atoms with Gasteiger partial charge in [0.25, 0.3) is 0 Å². The second kappa shape index (κ2) is 8.77. The van der Waals surface area contributed by atoms with E-state index in [-0.39, 0.29) is 5.02 Å². The van der Waals surface area contributed by atoms with Gasteiger partial charge in [-0.05, 0) is 87.8 Å².